The SMILES string of the molecule is CN(C(=O)C(F)(F)F)c1c(C(=O)C(C)(C)C)oc2nc(-c3ccc(Cl)cc3Cl)c(-c3ccc(Cl)cc3)cc12. The minimum absolute atomic E-state index is 0.0384. The lowest BCUT2D eigenvalue weighted by molar-refractivity contribution is -0.170. The van der Waals surface area contributed by atoms with Crippen LogP contribution in [0, 0.1) is 5.41 Å². The number of ketones is 1. The fourth-order valence-corrected chi connectivity index (χ4v) is 4.49. The van der Waals surface area contributed by atoms with E-state index in [4.69, 9.17) is 39.2 Å². The second-order valence-electron chi connectivity index (χ2n) is 9.59. The normalized spacial score (nSPS) is 12.2. The van der Waals surface area contributed by atoms with Crippen molar-refractivity contribution < 1.29 is 27.2 Å². The predicted molar refractivity (Wildman–Crippen MR) is 143 cm³/mol. The van der Waals surface area contributed by atoms with Gasteiger partial charge in [-0.15, -0.1) is 0 Å². The van der Waals surface area contributed by atoms with Gasteiger partial charge in [-0.25, -0.2) is 4.98 Å². The molecular weight excluding hydrogens is 564 g/mol. The largest absolute Gasteiger partial charge is 0.471 e. The lowest BCUT2D eigenvalue weighted by atomic mass is 9.88. The number of benzene rings is 2. The van der Waals surface area contributed by atoms with Crippen molar-refractivity contribution in [2.24, 2.45) is 5.41 Å². The van der Waals surface area contributed by atoms with E-state index in [9.17, 15) is 22.8 Å². The summed E-state index contributed by atoms with van der Waals surface area (Å²) in [6.07, 6.45) is -5.19. The summed E-state index contributed by atoms with van der Waals surface area (Å²) >= 11 is 18.6. The number of pyridine rings is 1. The molecule has 0 unspecified atom stereocenters. The van der Waals surface area contributed by atoms with E-state index in [0.29, 0.717) is 37.3 Å². The first-order chi connectivity index (χ1) is 17.6. The first-order valence-corrected chi connectivity index (χ1v) is 12.3. The number of amides is 1. The second kappa shape index (κ2) is 9.91. The van der Waals surface area contributed by atoms with Gasteiger partial charge in [0.05, 0.1) is 16.1 Å². The number of rotatable bonds is 4. The molecule has 0 saturated carbocycles. The maximum absolute atomic E-state index is 13.4. The highest BCUT2D eigenvalue weighted by Crippen LogP contribution is 2.43. The maximum Gasteiger partial charge on any atom is 0.471 e. The van der Waals surface area contributed by atoms with Crippen molar-refractivity contribution in [3.8, 4) is 22.4 Å². The topological polar surface area (TPSA) is 63.4 Å². The number of alkyl halides is 3. The van der Waals surface area contributed by atoms with Crippen molar-refractivity contribution in [3.63, 3.8) is 0 Å². The first-order valence-electron chi connectivity index (χ1n) is 11.2. The number of fused-ring (bicyclic) bond motifs is 1. The van der Waals surface area contributed by atoms with Crippen LogP contribution in [0.3, 0.4) is 0 Å². The van der Waals surface area contributed by atoms with E-state index in [1.807, 2.05) is 0 Å². The summed E-state index contributed by atoms with van der Waals surface area (Å²) < 4.78 is 46.1. The molecule has 2 heterocycles. The average Bonchev–Trinajstić information content (AvgIpc) is 3.19. The standard InChI is InChI=1S/C27H20Cl3F3N2O3/c1-26(2,3)23(36)22-21(35(4)25(37)27(31,32)33)18-12-17(13-5-7-14(28)8-6-13)20(34-24(18)38-22)16-10-9-15(29)11-19(16)30/h5-12H,1-4H3. The van der Waals surface area contributed by atoms with Crippen molar-refractivity contribution in [3.05, 3.63) is 69.4 Å². The number of aromatic nitrogens is 1. The number of halogens is 6. The molecule has 0 radical (unpaired) electrons. The van der Waals surface area contributed by atoms with Crippen LogP contribution in [0.5, 0.6) is 0 Å². The number of carbonyl (C=O) groups excluding carboxylic acids is 2. The highest BCUT2D eigenvalue weighted by molar-refractivity contribution is 6.36. The number of hydrogen-bond acceptors (Lipinski definition) is 4. The van der Waals surface area contributed by atoms with Gasteiger partial charge in [-0.05, 0) is 42.0 Å². The predicted octanol–water partition coefficient (Wildman–Crippen LogP) is 8.88. The van der Waals surface area contributed by atoms with Crippen molar-refractivity contribution in [1.29, 1.82) is 0 Å². The Labute approximate surface area is 231 Å². The van der Waals surface area contributed by atoms with Crippen LogP contribution in [0.1, 0.15) is 31.3 Å². The Kier molecular flexibility index (Phi) is 7.29. The molecule has 0 bridgehead atoms. The Bertz CT molecular complexity index is 1570. The minimum atomic E-state index is -5.19. The smallest absolute Gasteiger partial charge is 0.432 e. The van der Waals surface area contributed by atoms with E-state index in [1.54, 1.807) is 57.2 Å². The van der Waals surface area contributed by atoms with Crippen LogP contribution in [0.15, 0.2) is 52.9 Å². The molecule has 198 valence electrons. The Balaban J connectivity index is 2.11. The summed E-state index contributed by atoms with van der Waals surface area (Å²) in [5, 5.41) is 1.16. The number of hydrogen-bond donors (Lipinski definition) is 0. The molecule has 1 amide bonds. The van der Waals surface area contributed by atoms with Gasteiger partial charge in [0.2, 0.25) is 11.5 Å². The Morgan fingerprint density at radius 1 is 0.895 bits per heavy atom. The number of carbonyl (C=O) groups is 2. The maximum atomic E-state index is 13.4. The summed E-state index contributed by atoms with van der Waals surface area (Å²) in [6.45, 7) is 4.76. The van der Waals surface area contributed by atoms with E-state index >= 15 is 0 Å². The zero-order chi connectivity index (χ0) is 28.2. The molecule has 0 spiro atoms. The third kappa shape index (κ3) is 5.25. The zero-order valence-electron chi connectivity index (χ0n) is 20.5. The van der Waals surface area contributed by atoms with Crippen LogP contribution < -0.4 is 4.90 Å². The number of nitrogens with zero attached hydrogens (tertiary/aromatic N) is 2. The van der Waals surface area contributed by atoms with Gasteiger partial charge in [-0.3, -0.25) is 9.59 Å². The van der Waals surface area contributed by atoms with Crippen LogP contribution in [0.25, 0.3) is 33.5 Å². The van der Waals surface area contributed by atoms with Gasteiger partial charge in [0.25, 0.3) is 0 Å². The van der Waals surface area contributed by atoms with Crippen molar-refractivity contribution >= 4 is 63.3 Å². The number of anilines is 1. The monoisotopic (exact) mass is 582 g/mol. The van der Waals surface area contributed by atoms with Gasteiger partial charge >= 0.3 is 12.1 Å². The third-order valence-corrected chi connectivity index (χ3v) is 6.57. The Hall–Kier alpha value is -3.07. The van der Waals surface area contributed by atoms with Gasteiger partial charge in [-0.2, -0.15) is 13.2 Å². The summed E-state index contributed by atoms with van der Waals surface area (Å²) in [7, 11) is 0.936. The van der Waals surface area contributed by atoms with E-state index in [0.717, 1.165) is 7.05 Å². The molecule has 2 aromatic heterocycles. The Morgan fingerprint density at radius 2 is 1.50 bits per heavy atom. The summed E-state index contributed by atoms with van der Waals surface area (Å²) in [5.74, 6) is -3.19. The van der Waals surface area contributed by atoms with Gasteiger partial charge in [0, 0.05) is 33.6 Å². The minimum Gasteiger partial charge on any atom is -0.432 e. The lowest BCUT2D eigenvalue weighted by Gasteiger charge is -2.21. The molecule has 4 aromatic rings. The van der Waals surface area contributed by atoms with Gasteiger partial charge in [0.1, 0.15) is 5.69 Å². The molecule has 0 saturated heterocycles. The fraction of sp³-hybridized carbons (Fsp3) is 0.222. The van der Waals surface area contributed by atoms with Gasteiger partial charge < -0.3 is 9.32 Å². The molecule has 5 nitrogen and oxygen atoms in total. The Morgan fingerprint density at radius 3 is 2.05 bits per heavy atom. The van der Waals surface area contributed by atoms with E-state index in [1.165, 1.54) is 12.1 Å². The fourth-order valence-electron chi connectivity index (χ4n) is 3.87. The van der Waals surface area contributed by atoms with Crippen LogP contribution >= 0.6 is 34.8 Å². The number of Topliss-reactive ketones (excluding diaryl/α,β-unsaturated/α-hetero) is 1. The number of furan rings is 1. The third-order valence-electron chi connectivity index (χ3n) is 5.77. The quantitative estimate of drug-likeness (QED) is 0.225. The zero-order valence-corrected chi connectivity index (χ0v) is 22.8. The second-order valence-corrected chi connectivity index (χ2v) is 10.9. The van der Waals surface area contributed by atoms with Crippen molar-refractivity contribution in [2.75, 3.05) is 11.9 Å². The molecule has 0 aliphatic heterocycles. The summed E-state index contributed by atoms with van der Waals surface area (Å²) in [5.41, 5.74) is 0.317. The summed E-state index contributed by atoms with van der Waals surface area (Å²) in [4.78, 5) is 30.5. The van der Waals surface area contributed by atoms with E-state index in [2.05, 4.69) is 4.98 Å². The molecule has 0 aliphatic rings. The average molecular weight is 584 g/mol. The van der Waals surface area contributed by atoms with E-state index < -0.39 is 29.0 Å². The molecule has 38 heavy (non-hydrogen) atoms. The van der Waals surface area contributed by atoms with Crippen molar-refractivity contribution in [2.45, 2.75) is 26.9 Å². The molecule has 4 rings (SSSR count). The van der Waals surface area contributed by atoms with Gasteiger partial charge in [0.15, 0.2) is 5.76 Å². The van der Waals surface area contributed by atoms with Crippen LogP contribution in [0.2, 0.25) is 15.1 Å². The highest BCUT2D eigenvalue weighted by atomic mass is 35.5. The highest BCUT2D eigenvalue weighted by Gasteiger charge is 2.44. The molecule has 2 aromatic carbocycles. The molecule has 0 aliphatic carbocycles. The van der Waals surface area contributed by atoms with Crippen molar-refractivity contribution in [1.82, 2.24) is 4.98 Å². The molecular formula is C27H20Cl3F3N2O3. The van der Waals surface area contributed by atoms with E-state index in [-0.39, 0.29) is 21.8 Å². The summed E-state index contributed by atoms with van der Waals surface area (Å²) in [6, 6.07) is 13.0. The molecule has 0 fully saturated rings. The molecule has 11 heteroatoms. The van der Waals surface area contributed by atoms with Gasteiger partial charge in [-0.1, -0.05) is 67.7 Å². The van der Waals surface area contributed by atoms with Crippen LogP contribution in [-0.4, -0.2) is 29.9 Å². The first kappa shape index (κ1) is 28.0. The molecule has 0 N–H and O–H groups in total. The van der Waals surface area contributed by atoms with Crippen LogP contribution in [-0.2, 0) is 4.79 Å². The lowest BCUT2D eigenvalue weighted by Crippen LogP contribution is -2.39. The molecule has 0 atom stereocenters. The van der Waals surface area contributed by atoms with Crippen LogP contribution in [0.4, 0.5) is 18.9 Å².